The van der Waals surface area contributed by atoms with Gasteiger partial charge in [-0.05, 0) is 26.0 Å². The zero-order chi connectivity index (χ0) is 14.7. The third-order valence-electron chi connectivity index (χ3n) is 3.44. The summed E-state index contributed by atoms with van der Waals surface area (Å²) in [6, 6.07) is 3.95. The van der Waals surface area contributed by atoms with E-state index in [2.05, 4.69) is 31.8 Å². The standard InChI is InChI=1S/C15H18N6/c1-3-20-11-16-9-13(20)10-19-14-5-4-6-18-15(14)21-8-7-17-12(21)2/h4-9,11,19H,3,10H2,1-2H3. The van der Waals surface area contributed by atoms with E-state index in [1.54, 1.807) is 12.4 Å². The molecule has 21 heavy (non-hydrogen) atoms. The number of anilines is 1. The second-order valence-electron chi connectivity index (χ2n) is 4.74. The minimum atomic E-state index is 0.709. The van der Waals surface area contributed by atoms with E-state index in [9.17, 15) is 0 Å². The smallest absolute Gasteiger partial charge is 0.161 e. The number of nitrogens with zero attached hydrogens (tertiary/aromatic N) is 5. The molecule has 0 aromatic carbocycles. The largest absolute Gasteiger partial charge is 0.376 e. The fraction of sp³-hybridized carbons (Fsp3) is 0.267. The lowest BCUT2D eigenvalue weighted by molar-refractivity contribution is 0.719. The van der Waals surface area contributed by atoms with Gasteiger partial charge in [-0.25, -0.2) is 15.0 Å². The highest BCUT2D eigenvalue weighted by molar-refractivity contribution is 5.57. The van der Waals surface area contributed by atoms with Crippen molar-refractivity contribution in [2.45, 2.75) is 26.9 Å². The Morgan fingerprint density at radius 1 is 1.24 bits per heavy atom. The quantitative estimate of drug-likeness (QED) is 0.780. The van der Waals surface area contributed by atoms with Crippen LogP contribution in [-0.4, -0.2) is 24.1 Å². The predicted molar refractivity (Wildman–Crippen MR) is 81.3 cm³/mol. The summed E-state index contributed by atoms with van der Waals surface area (Å²) in [6.07, 6.45) is 9.21. The summed E-state index contributed by atoms with van der Waals surface area (Å²) in [5.74, 6) is 1.77. The number of imidazole rings is 2. The Morgan fingerprint density at radius 2 is 2.14 bits per heavy atom. The molecule has 0 spiro atoms. The minimum Gasteiger partial charge on any atom is -0.376 e. The summed E-state index contributed by atoms with van der Waals surface area (Å²) in [5, 5.41) is 3.43. The number of rotatable bonds is 5. The first-order valence-corrected chi connectivity index (χ1v) is 6.98. The number of nitrogens with one attached hydrogen (secondary N) is 1. The Balaban J connectivity index is 1.85. The van der Waals surface area contributed by atoms with Crippen molar-refractivity contribution in [1.82, 2.24) is 24.1 Å². The molecular weight excluding hydrogens is 264 g/mol. The van der Waals surface area contributed by atoms with E-state index >= 15 is 0 Å². The predicted octanol–water partition coefficient (Wildman–Crippen LogP) is 2.40. The van der Waals surface area contributed by atoms with Crippen molar-refractivity contribution < 1.29 is 0 Å². The molecule has 3 rings (SSSR count). The summed E-state index contributed by atoms with van der Waals surface area (Å²) in [7, 11) is 0. The molecule has 0 aliphatic rings. The van der Waals surface area contributed by atoms with E-state index in [1.165, 1.54) is 0 Å². The van der Waals surface area contributed by atoms with E-state index in [0.717, 1.165) is 29.6 Å². The Bertz CT molecular complexity index is 727. The van der Waals surface area contributed by atoms with E-state index in [-0.39, 0.29) is 0 Å². The van der Waals surface area contributed by atoms with E-state index in [1.807, 2.05) is 42.3 Å². The van der Waals surface area contributed by atoms with Crippen molar-refractivity contribution in [1.29, 1.82) is 0 Å². The summed E-state index contributed by atoms with van der Waals surface area (Å²) in [4.78, 5) is 12.9. The Morgan fingerprint density at radius 3 is 2.90 bits per heavy atom. The summed E-state index contributed by atoms with van der Waals surface area (Å²) >= 11 is 0. The van der Waals surface area contributed by atoms with Gasteiger partial charge in [-0.1, -0.05) is 0 Å². The van der Waals surface area contributed by atoms with Crippen LogP contribution in [0.3, 0.4) is 0 Å². The van der Waals surface area contributed by atoms with Crippen LogP contribution in [0.25, 0.3) is 5.82 Å². The van der Waals surface area contributed by atoms with Gasteiger partial charge in [0.2, 0.25) is 0 Å². The first kappa shape index (κ1) is 13.4. The Kier molecular flexibility index (Phi) is 3.68. The Hall–Kier alpha value is -2.63. The normalized spacial score (nSPS) is 10.8. The Labute approximate surface area is 123 Å². The van der Waals surface area contributed by atoms with Gasteiger partial charge in [0.25, 0.3) is 0 Å². The molecule has 3 aromatic heterocycles. The zero-order valence-electron chi connectivity index (χ0n) is 12.2. The van der Waals surface area contributed by atoms with Crippen molar-refractivity contribution in [3.05, 3.63) is 54.8 Å². The van der Waals surface area contributed by atoms with Crippen LogP contribution in [0.2, 0.25) is 0 Å². The van der Waals surface area contributed by atoms with Gasteiger partial charge in [0.15, 0.2) is 5.82 Å². The lowest BCUT2D eigenvalue weighted by Crippen LogP contribution is -2.09. The molecular formula is C15H18N6. The molecule has 6 heteroatoms. The minimum absolute atomic E-state index is 0.709. The molecule has 1 N–H and O–H groups in total. The van der Waals surface area contributed by atoms with Gasteiger partial charge in [-0.3, -0.25) is 4.57 Å². The molecule has 0 atom stereocenters. The lowest BCUT2D eigenvalue weighted by Gasteiger charge is -2.13. The van der Waals surface area contributed by atoms with Crippen molar-refractivity contribution >= 4 is 5.69 Å². The molecule has 3 aromatic rings. The first-order chi connectivity index (χ1) is 10.3. The van der Waals surface area contributed by atoms with Crippen molar-refractivity contribution in [3.63, 3.8) is 0 Å². The van der Waals surface area contributed by atoms with Crippen molar-refractivity contribution in [2.24, 2.45) is 0 Å². The second kappa shape index (κ2) is 5.78. The third-order valence-corrected chi connectivity index (χ3v) is 3.44. The molecule has 0 fully saturated rings. The van der Waals surface area contributed by atoms with Crippen LogP contribution in [0.5, 0.6) is 0 Å². The summed E-state index contributed by atoms with van der Waals surface area (Å²) in [5.41, 5.74) is 2.12. The highest BCUT2D eigenvalue weighted by Gasteiger charge is 2.08. The van der Waals surface area contributed by atoms with Gasteiger partial charge < -0.3 is 9.88 Å². The SMILES string of the molecule is CCn1cncc1CNc1cccnc1-n1ccnc1C. The molecule has 0 aliphatic heterocycles. The van der Waals surface area contributed by atoms with Gasteiger partial charge in [-0.2, -0.15) is 0 Å². The van der Waals surface area contributed by atoms with Crippen molar-refractivity contribution in [2.75, 3.05) is 5.32 Å². The van der Waals surface area contributed by atoms with Gasteiger partial charge in [0.05, 0.1) is 24.3 Å². The highest BCUT2D eigenvalue weighted by atomic mass is 15.1. The molecule has 0 saturated carbocycles. The van der Waals surface area contributed by atoms with Crippen molar-refractivity contribution in [3.8, 4) is 5.82 Å². The van der Waals surface area contributed by atoms with Gasteiger partial charge in [0.1, 0.15) is 5.82 Å². The number of hydrogen-bond acceptors (Lipinski definition) is 4. The van der Waals surface area contributed by atoms with Crippen LogP contribution in [0, 0.1) is 6.92 Å². The second-order valence-corrected chi connectivity index (χ2v) is 4.74. The number of pyridine rings is 1. The molecule has 0 amide bonds. The van der Waals surface area contributed by atoms with Crippen LogP contribution in [0.1, 0.15) is 18.4 Å². The van der Waals surface area contributed by atoms with Gasteiger partial charge >= 0.3 is 0 Å². The zero-order valence-corrected chi connectivity index (χ0v) is 12.2. The maximum atomic E-state index is 4.46. The summed E-state index contributed by atoms with van der Waals surface area (Å²) < 4.78 is 4.09. The maximum Gasteiger partial charge on any atom is 0.161 e. The average molecular weight is 282 g/mol. The fourth-order valence-electron chi connectivity index (χ4n) is 2.29. The lowest BCUT2D eigenvalue weighted by atomic mass is 10.3. The molecule has 0 unspecified atom stereocenters. The van der Waals surface area contributed by atoms with Gasteiger partial charge in [-0.15, -0.1) is 0 Å². The van der Waals surface area contributed by atoms with Gasteiger partial charge in [0, 0.05) is 31.3 Å². The summed E-state index contributed by atoms with van der Waals surface area (Å²) in [6.45, 7) is 5.69. The molecule has 108 valence electrons. The number of aryl methyl sites for hydroxylation is 2. The van der Waals surface area contributed by atoms with Crippen LogP contribution in [0.15, 0.2) is 43.2 Å². The number of hydrogen-bond donors (Lipinski definition) is 1. The third kappa shape index (κ3) is 2.65. The number of aromatic nitrogens is 5. The fourth-order valence-corrected chi connectivity index (χ4v) is 2.29. The highest BCUT2D eigenvalue weighted by Crippen LogP contribution is 2.19. The molecule has 6 nitrogen and oxygen atoms in total. The average Bonchev–Trinajstić information content (AvgIpc) is 3.13. The van der Waals surface area contributed by atoms with E-state index in [4.69, 9.17) is 0 Å². The van der Waals surface area contributed by atoms with Crippen LogP contribution < -0.4 is 5.32 Å². The molecule has 0 bridgehead atoms. The van der Waals surface area contributed by atoms with Crippen LogP contribution >= 0.6 is 0 Å². The monoisotopic (exact) mass is 282 g/mol. The first-order valence-electron chi connectivity index (χ1n) is 6.98. The maximum absolute atomic E-state index is 4.46. The molecule has 0 aliphatic carbocycles. The van der Waals surface area contributed by atoms with Crippen LogP contribution in [0.4, 0.5) is 5.69 Å². The van der Waals surface area contributed by atoms with Crippen LogP contribution in [-0.2, 0) is 13.1 Å². The molecule has 0 saturated heterocycles. The topological polar surface area (TPSA) is 60.6 Å². The molecule has 0 radical (unpaired) electrons. The van der Waals surface area contributed by atoms with E-state index < -0.39 is 0 Å². The molecule has 3 heterocycles. The van der Waals surface area contributed by atoms with E-state index in [0.29, 0.717) is 6.54 Å².